The Hall–Kier alpha value is -3.63. The lowest BCUT2D eigenvalue weighted by molar-refractivity contribution is -0.142. The molecule has 0 bridgehead atoms. The third-order valence-corrected chi connectivity index (χ3v) is 5.84. The monoisotopic (exact) mass is 446 g/mol. The van der Waals surface area contributed by atoms with Crippen molar-refractivity contribution in [1.29, 1.82) is 5.26 Å². The van der Waals surface area contributed by atoms with Crippen LogP contribution in [0.1, 0.15) is 31.0 Å². The summed E-state index contributed by atoms with van der Waals surface area (Å²) in [5.41, 5.74) is 2.36. The molecule has 0 radical (unpaired) electrons. The Kier molecular flexibility index (Phi) is 8.22. The van der Waals surface area contributed by atoms with Crippen LogP contribution >= 0.6 is 0 Å². The first-order valence-corrected chi connectivity index (χ1v) is 11.1. The Bertz CT molecular complexity index is 967. The highest BCUT2D eigenvalue weighted by molar-refractivity contribution is 5.99. The average molecular weight is 447 g/mol. The van der Waals surface area contributed by atoms with Gasteiger partial charge in [-0.15, -0.1) is 0 Å². The first kappa shape index (κ1) is 24.0. The smallest absolute Gasteiger partial charge is 0.326 e. The molecule has 1 amide bonds. The Balaban J connectivity index is 1.71. The van der Waals surface area contributed by atoms with Crippen LogP contribution in [0.25, 0.3) is 0 Å². The predicted molar refractivity (Wildman–Crippen MR) is 126 cm³/mol. The molecule has 2 aromatic rings. The Morgan fingerprint density at radius 3 is 1.91 bits per heavy atom. The molecule has 0 spiro atoms. The first-order chi connectivity index (χ1) is 15.9. The van der Waals surface area contributed by atoms with E-state index in [4.69, 9.17) is 0 Å². The van der Waals surface area contributed by atoms with Crippen molar-refractivity contribution in [1.82, 2.24) is 15.1 Å². The average Bonchev–Trinajstić information content (AvgIpc) is 2.83. The SMILES string of the molecule is CC(C)C(NC(=O)/C(C#N)=C\N1CCN(C(c2ccccc2)c2ccccc2)CC1)C(=O)O. The molecular weight excluding hydrogens is 416 g/mol. The van der Waals surface area contributed by atoms with Crippen LogP contribution in [0.4, 0.5) is 0 Å². The zero-order valence-corrected chi connectivity index (χ0v) is 19.0. The van der Waals surface area contributed by atoms with Crippen LogP contribution in [0.5, 0.6) is 0 Å². The summed E-state index contributed by atoms with van der Waals surface area (Å²) in [4.78, 5) is 28.2. The number of piperazine rings is 1. The fraction of sp³-hybridized carbons (Fsp3) is 0.346. The lowest BCUT2D eigenvalue weighted by Gasteiger charge is -2.39. The molecule has 2 aromatic carbocycles. The molecule has 2 N–H and O–H groups in total. The van der Waals surface area contributed by atoms with E-state index in [1.165, 1.54) is 11.1 Å². The van der Waals surface area contributed by atoms with Gasteiger partial charge < -0.3 is 15.3 Å². The molecule has 1 atom stereocenters. The van der Waals surface area contributed by atoms with Gasteiger partial charge in [0.2, 0.25) is 0 Å². The molecule has 1 aliphatic rings. The van der Waals surface area contributed by atoms with Crippen molar-refractivity contribution in [2.75, 3.05) is 26.2 Å². The summed E-state index contributed by atoms with van der Waals surface area (Å²) in [7, 11) is 0. The number of rotatable bonds is 8. The molecule has 3 rings (SSSR count). The van der Waals surface area contributed by atoms with E-state index in [0.29, 0.717) is 13.1 Å². The lowest BCUT2D eigenvalue weighted by atomic mass is 9.96. The van der Waals surface area contributed by atoms with Gasteiger partial charge in [-0.25, -0.2) is 4.79 Å². The summed E-state index contributed by atoms with van der Waals surface area (Å²) in [6.45, 7) is 6.25. The van der Waals surface area contributed by atoms with Crippen molar-refractivity contribution in [3.05, 3.63) is 83.6 Å². The highest BCUT2D eigenvalue weighted by atomic mass is 16.4. The van der Waals surface area contributed by atoms with Gasteiger partial charge in [0.1, 0.15) is 17.7 Å². The number of nitriles is 1. The number of amides is 1. The van der Waals surface area contributed by atoms with Gasteiger partial charge in [0, 0.05) is 32.4 Å². The number of carbonyl (C=O) groups is 2. The molecule has 0 saturated carbocycles. The molecule has 7 nitrogen and oxygen atoms in total. The standard InChI is InChI=1S/C26H30N4O3/c1-19(2)23(26(32)33)28-25(31)22(17-27)18-29-13-15-30(16-14-29)24(20-9-5-3-6-10-20)21-11-7-4-8-12-21/h3-12,18-19,23-24H,13-16H2,1-2H3,(H,28,31)(H,32,33)/b22-18-. The van der Waals surface area contributed by atoms with Crippen LogP contribution in [-0.4, -0.2) is 59.0 Å². The molecule has 0 aliphatic carbocycles. The van der Waals surface area contributed by atoms with E-state index in [0.717, 1.165) is 13.1 Å². The highest BCUT2D eigenvalue weighted by Crippen LogP contribution is 2.29. The molecular formula is C26H30N4O3. The van der Waals surface area contributed by atoms with Crippen LogP contribution in [0, 0.1) is 17.2 Å². The van der Waals surface area contributed by atoms with Gasteiger partial charge in [-0.2, -0.15) is 5.26 Å². The number of benzene rings is 2. The van der Waals surface area contributed by atoms with E-state index in [9.17, 15) is 20.0 Å². The van der Waals surface area contributed by atoms with Gasteiger partial charge in [0.25, 0.3) is 5.91 Å². The van der Waals surface area contributed by atoms with Crippen molar-refractivity contribution in [3.63, 3.8) is 0 Å². The number of hydrogen-bond acceptors (Lipinski definition) is 5. The zero-order valence-electron chi connectivity index (χ0n) is 19.0. The fourth-order valence-corrected chi connectivity index (χ4v) is 4.06. The van der Waals surface area contributed by atoms with Gasteiger partial charge in [-0.1, -0.05) is 74.5 Å². The Labute approximate surface area is 194 Å². The summed E-state index contributed by atoms with van der Waals surface area (Å²) in [5.74, 6) is -2.06. The van der Waals surface area contributed by atoms with Crippen LogP contribution in [-0.2, 0) is 9.59 Å². The van der Waals surface area contributed by atoms with Crippen LogP contribution < -0.4 is 5.32 Å². The largest absolute Gasteiger partial charge is 0.480 e. The number of aliphatic carboxylic acids is 1. The summed E-state index contributed by atoms with van der Waals surface area (Å²) in [5, 5.41) is 21.3. The van der Waals surface area contributed by atoms with Crippen LogP contribution in [0.15, 0.2) is 72.4 Å². The van der Waals surface area contributed by atoms with Crippen molar-refractivity contribution >= 4 is 11.9 Å². The molecule has 33 heavy (non-hydrogen) atoms. The second kappa shape index (κ2) is 11.3. The van der Waals surface area contributed by atoms with Gasteiger partial charge in [0.05, 0.1) is 6.04 Å². The quantitative estimate of drug-likeness (QED) is 0.478. The third kappa shape index (κ3) is 6.21. The van der Waals surface area contributed by atoms with E-state index < -0.39 is 17.9 Å². The normalized spacial score (nSPS) is 15.8. The Morgan fingerprint density at radius 1 is 0.970 bits per heavy atom. The van der Waals surface area contributed by atoms with E-state index in [1.54, 1.807) is 20.0 Å². The molecule has 7 heteroatoms. The number of hydrogen-bond donors (Lipinski definition) is 2. The van der Waals surface area contributed by atoms with E-state index >= 15 is 0 Å². The minimum atomic E-state index is -1.11. The number of nitrogens with zero attached hydrogens (tertiary/aromatic N) is 3. The molecule has 1 fully saturated rings. The summed E-state index contributed by atoms with van der Waals surface area (Å²) >= 11 is 0. The number of carbonyl (C=O) groups excluding carboxylic acids is 1. The van der Waals surface area contributed by atoms with Gasteiger partial charge in [0.15, 0.2) is 0 Å². The van der Waals surface area contributed by atoms with Crippen LogP contribution in [0.2, 0.25) is 0 Å². The zero-order chi connectivity index (χ0) is 23.8. The maximum absolute atomic E-state index is 12.5. The maximum atomic E-state index is 12.5. The van der Waals surface area contributed by atoms with Gasteiger partial charge in [-0.3, -0.25) is 9.69 Å². The van der Waals surface area contributed by atoms with Crippen molar-refractivity contribution in [3.8, 4) is 6.07 Å². The minimum Gasteiger partial charge on any atom is -0.480 e. The second-order valence-corrected chi connectivity index (χ2v) is 8.48. The third-order valence-electron chi connectivity index (χ3n) is 5.84. The number of nitrogens with one attached hydrogen (secondary N) is 1. The topological polar surface area (TPSA) is 96.7 Å². The lowest BCUT2D eigenvalue weighted by Crippen LogP contribution is -2.47. The van der Waals surface area contributed by atoms with E-state index in [-0.39, 0.29) is 17.5 Å². The minimum absolute atomic E-state index is 0.0852. The summed E-state index contributed by atoms with van der Waals surface area (Å²) < 4.78 is 0. The molecule has 1 unspecified atom stereocenters. The van der Waals surface area contributed by atoms with E-state index in [2.05, 4.69) is 34.5 Å². The highest BCUT2D eigenvalue weighted by Gasteiger charge is 2.28. The predicted octanol–water partition coefficient (Wildman–Crippen LogP) is 3.03. The van der Waals surface area contributed by atoms with E-state index in [1.807, 2.05) is 47.4 Å². The molecule has 172 valence electrons. The fourth-order valence-electron chi connectivity index (χ4n) is 4.06. The Morgan fingerprint density at radius 2 is 1.48 bits per heavy atom. The van der Waals surface area contributed by atoms with Crippen molar-refractivity contribution < 1.29 is 14.7 Å². The number of carboxylic acids is 1. The van der Waals surface area contributed by atoms with Crippen molar-refractivity contribution in [2.45, 2.75) is 25.9 Å². The van der Waals surface area contributed by atoms with Crippen LogP contribution in [0.3, 0.4) is 0 Å². The molecule has 1 heterocycles. The molecule has 0 aromatic heterocycles. The maximum Gasteiger partial charge on any atom is 0.326 e. The first-order valence-electron chi connectivity index (χ1n) is 11.1. The molecule has 1 saturated heterocycles. The second-order valence-electron chi connectivity index (χ2n) is 8.48. The van der Waals surface area contributed by atoms with Gasteiger partial charge in [-0.05, 0) is 17.0 Å². The summed E-state index contributed by atoms with van der Waals surface area (Å²) in [6, 6.07) is 21.7. The van der Waals surface area contributed by atoms with Crippen molar-refractivity contribution in [2.24, 2.45) is 5.92 Å². The number of carboxylic acid groups (broad SMARTS) is 1. The van der Waals surface area contributed by atoms with Gasteiger partial charge >= 0.3 is 5.97 Å². The molecule has 1 aliphatic heterocycles. The summed E-state index contributed by atoms with van der Waals surface area (Å²) in [6.07, 6.45) is 1.55.